The second-order valence-corrected chi connectivity index (χ2v) is 7.84. The van der Waals surface area contributed by atoms with Gasteiger partial charge in [0.25, 0.3) is 0 Å². The van der Waals surface area contributed by atoms with E-state index >= 15 is 0 Å². The topological polar surface area (TPSA) is 52.6 Å². The van der Waals surface area contributed by atoms with E-state index in [4.69, 9.17) is 0 Å². The molecule has 0 aromatic heterocycles. The molecule has 5 nitrogen and oxygen atoms in total. The van der Waals surface area contributed by atoms with Gasteiger partial charge in [0.2, 0.25) is 10.0 Å². The largest absolute Gasteiger partial charge is 0.312 e. The molecular formula is C13H27N3O2S. The Labute approximate surface area is 117 Å². The molecule has 0 spiro atoms. The van der Waals surface area contributed by atoms with Gasteiger partial charge < -0.3 is 5.32 Å². The van der Waals surface area contributed by atoms with E-state index in [9.17, 15) is 8.42 Å². The molecule has 1 saturated carbocycles. The van der Waals surface area contributed by atoms with Gasteiger partial charge in [-0.15, -0.1) is 0 Å². The number of nitrogens with zero attached hydrogens (tertiary/aromatic N) is 2. The van der Waals surface area contributed by atoms with E-state index in [1.165, 1.54) is 25.5 Å². The van der Waals surface area contributed by atoms with Crippen LogP contribution >= 0.6 is 0 Å². The fourth-order valence-electron chi connectivity index (χ4n) is 2.73. The van der Waals surface area contributed by atoms with E-state index in [0.717, 1.165) is 32.1 Å². The second kappa shape index (κ2) is 6.52. The molecule has 2 fully saturated rings. The summed E-state index contributed by atoms with van der Waals surface area (Å²) >= 11 is 0. The Morgan fingerprint density at radius 3 is 2.32 bits per heavy atom. The molecule has 0 amide bonds. The Morgan fingerprint density at radius 1 is 1.21 bits per heavy atom. The van der Waals surface area contributed by atoms with Crippen LogP contribution in [0, 0.1) is 5.92 Å². The van der Waals surface area contributed by atoms with Crippen molar-refractivity contribution >= 4 is 10.0 Å². The number of rotatable bonds is 7. The highest BCUT2D eigenvalue weighted by atomic mass is 32.2. The van der Waals surface area contributed by atoms with Gasteiger partial charge in [0.15, 0.2) is 0 Å². The molecule has 19 heavy (non-hydrogen) atoms. The molecule has 2 aliphatic rings. The fourth-order valence-corrected chi connectivity index (χ4v) is 3.56. The van der Waals surface area contributed by atoms with Crippen molar-refractivity contribution < 1.29 is 8.42 Å². The Bertz CT molecular complexity index is 373. The Kier molecular flexibility index (Phi) is 5.22. The van der Waals surface area contributed by atoms with Crippen LogP contribution in [0.15, 0.2) is 0 Å². The van der Waals surface area contributed by atoms with Gasteiger partial charge in [-0.05, 0) is 31.7 Å². The maximum Gasteiger partial charge on any atom is 0.211 e. The predicted molar refractivity (Wildman–Crippen MR) is 77.7 cm³/mol. The lowest BCUT2D eigenvalue weighted by atomic mass is 10.1. The van der Waals surface area contributed by atoms with Gasteiger partial charge in [-0.25, -0.2) is 8.42 Å². The number of nitrogens with one attached hydrogen (secondary N) is 1. The predicted octanol–water partition coefficient (Wildman–Crippen LogP) is 0.342. The minimum atomic E-state index is -3.00. The summed E-state index contributed by atoms with van der Waals surface area (Å²) in [6.45, 7) is 7.37. The molecule has 0 aromatic rings. The van der Waals surface area contributed by atoms with Crippen molar-refractivity contribution in [3.8, 4) is 0 Å². The van der Waals surface area contributed by atoms with Crippen LogP contribution < -0.4 is 5.32 Å². The second-order valence-electron chi connectivity index (χ2n) is 5.86. The summed E-state index contributed by atoms with van der Waals surface area (Å²) in [6.07, 6.45) is 5.18. The van der Waals surface area contributed by atoms with E-state index in [1.54, 1.807) is 4.31 Å². The molecule has 0 bridgehead atoms. The van der Waals surface area contributed by atoms with Crippen LogP contribution in [-0.2, 0) is 10.0 Å². The molecule has 112 valence electrons. The molecule has 1 unspecified atom stereocenters. The van der Waals surface area contributed by atoms with Crippen LogP contribution in [0.3, 0.4) is 0 Å². The Hall–Kier alpha value is -0.170. The summed E-state index contributed by atoms with van der Waals surface area (Å²) in [4.78, 5) is 2.41. The van der Waals surface area contributed by atoms with Crippen LogP contribution in [0.2, 0.25) is 0 Å². The summed E-state index contributed by atoms with van der Waals surface area (Å²) in [6, 6.07) is 0.602. The lowest BCUT2D eigenvalue weighted by molar-refractivity contribution is 0.167. The van der Waals surface area contributed by atoms with Gasteiger partial charge in [0.05, 0.1) is 6.26 Å². The highest BCUT2D eigenvalue weighted by molar-refractivity contribution is 7.88. The van der Waals surface area contributed by atoms with Crippen molar-refractivity contribution in [1.29, 1.82) is 0 Å². The molecule has 1 atom stereocenters. The van der Waals surface area contributed by atoms with Gasteiger partial charge in [-0.1, -0.05) is 6.92 Å². The number of hydrogen-bond donors (Lipinski definition) is 1. The van der Waals surface area contributed by atoms with Crippen LogP contribution in [0.4, 0.5) is 0 Å². The Morgan fingerprint density at radius 2 is 1.84 bits per heavy atom. The molecule has 1 N–H and O–H groups in total. The normalized spacial score (nSPS) is 24.5. The first kappa shape index (κ1) is 15.2. The molecule has 1 aliphatic carbocycles. The van der Waals surface area contributed by atoms with E-state index < -0.39 is 10.0 Å². The summed E-state index contributed by atoms with van der Waals surface area (Å²) < 4.78 is 24.5. The lowest BCUT2D eigenvalue weighted by Gasteiger charge is -2.35. The smallest absolute Gasteiger partial charge is 0.211 e. The SMILES string of the molecule is CCCNC(CN1CCN(S(C)(=O)=O)CC1)C1CC1. The minimum absolute atomic E-state index is 0.602. The van der Waals surface area contributed by atoms with Crippen LogP contribution in [-0.4, -0.2) is 69.2 Å². The number of hydrogen-bond acceptors (Lipinski definition) is 4. The summed E-state index contributed by atoms with van der Waals surface area (Å²) in [5, 5.41) is 3.65. The molecule has 6 heteroatoms. The van der Waals surface area contributed by atoms with Crippen molar-refractivity contribution in [1.82, 2.24) is 14.5 Å². The van der Waals surface area contributed by atoms with Crippen molar-refractivity contribution in [3.63, 3.8) is 0 Å². The van der Waals surface area contributed by atoms with Crippen LogP contribution in [0.1, 0.15) is 26.2 Å². The number of piperazine rings is 1. The summed E-state index contributed by atoms with van der Waals surface area (Å²) in [7, 11) is -3.00. The zero-order valence-electron chi connectivity index (χ0n) is 12.1. The third kappa shape index (κ3) is 4.70. The fraction of sp³-hybridized carbons (Fsp3) is 1.00. The first-order valence-corrected chi connectivity index (χ1v) is 9.26. The van der Waals surface area contributed by atoms with Gasteiger partial charge >= 0.3 is 0 Å². The van der Waals surface area contributed by atoms with E-state index in [-0.39, 0.29) is 0 Å². The van der Waals surface area contributed by atoms with E-state index in [2.05, 4.69) is 17.1 Å². The highest BCUT2D eigenvalue weighted by Crippen LogP contribution is 2.33. The average molecular weight is 289 g/mol. The zero-order chi connectivity index (χ0) is 13.9. The molecule has 1 saturated heterocycles. The Balaban J connectivity index is 1.77. The standard InChI is InChI=1S/C13H27N3O2S/c1-3-6-14-13(12-4-5-12)11-15-7-9-16(10-8-15)19(2,17)18/h12-14H,3-11H2,1-2H3. The summed E-state index contributed by atoms with van der Waals surface area (Å²) in [5.41, 5.74) is 0. The van der Waals surface area contributed by atoms with Gasteiger partial charge in [0, 0.05) is 38.8 Å². The molecular weight excluding hydrogens is 262 g/mol. The maximum atomic E-state index is 11.5. The van der Waals surface area contributed by atoms with Crippen LogP contribution in [0.5, 0.6) is 0 Å². The zero-order valence-corrected chi connectivity index (χ0v) is 13.0. The first-order chi connectivity index (χ1) is 9.00. The van der Waals surface area contributed by atoms with Gasteiger partial charge in [-0.3, -0.25) is 4.90 Å². The minimum Gasteiger partial charge on any atom is -0.312 e. The molecule has 1 aliphatic heterocycles. The lowest BCUT2D eigenvalue weighted by Crippen LogP contribution is -2.52. The maximum absolute atomic E-state index is 11.5. The van der Waals surface area contributed by atoms with Crippen molar-refractivity contribution in [2.24, 2.45) is 5.92 Å². The molecule has 0 aromatic carbocycles. The quantitative estimate of drug-likeness (QED) is 0.734. The highest BCUT2D eigenvalue weighted by Gasteiger charge is 2.33. The average Bonchev–Trinajstić information content (AvgIpc) is 3.18. The van der Waals surface area contributed by atoms with Gasteiger partial charge in [-0.2, -0.15) is 4.31 Å². The summed E-state index contributed by atoms with van der Waals surface area (Å²) in [5.74, 6) is 0.847. The third-order valence-electron chi connectivity index (χ3n) is 4.10. The molecule has 1 heterocycles. The van der Waals surface area contributed by atoms with Crippen LogP contribution in [0.25, 0.3) is 0 Å². The number of sulfonamides is 1. The van der Waals surface area contributed by atoms with E-state index in [1.807, 2.05) is 0 Å². The third-order valence-corrected chi connectivity index (χ3v) is 5.41. The van der Waals surface area contributed by atoms with Crippen molar-refractivity contribution in [2.45, 2.75) is 32.2 Å². The molecule has 2 rings (SSSR count). The first-order valence-electron chi connectivity index (χ1n) is 7.41. The molecule has 0 radical (unpaired) electrons. The van der Waals surface area contributed by atoms with Crippen molar-refractivity contribution in [2.75, 3.05) is 45.5 Å². The van der Waals surface area contributed by atoms with Crippen molar-refractivity contribution in [3.05, 3.63) is 0 Å². The monoisotopic (exact) mass is 289 g/mol. The van der Waals surface area contributed by atoms with E-state index in [0.29, 0.717) is 19.1 Å². The van der Waals surface area contributed by atoms with Gasteiger partial charge in [0.1, 0.15) is 0 Å².